The number of thioether (sulfide) groups is 1. The van der Waals surface area contributed by atoms with Gasteiger partial charge in [0.05, 0.1) is 6.07 Å². The van der Waals surface area contributed by atoms with Crippen LogP contribution in [-0.2, 0) is 0 Å². The Morgan fingerprint density at radius 1 is 1.26 bits per heavy atom. The number of nitrogens with zero attached hydrogens (tertiary/aromatic N) is 1. The van der Waals surface area contributed by atoms with E-state index in [1.165, 1.54) is 16.0 Å². The van der Waals surface area contributed by atoms with E-state index in [-0.39, 0.29) is 10.9 Å². The summed E-state index contributed by atoms with van der Waals surface area (Å²) in [7, 11) is 0. The van der Waals surface area contributed by atoms with Crippen LogP contribution in [0.15, 0.2) is 53.4 Å². The van der Waals surface area contributed by atoms with Crippen LogP contribution in [0.25, 0.3) is 0 Å². The number of rotatable bonds is 5. The second-order valence-corrected chi connectivity index (χ2v) is 7.71. The van der Waals surface area contributed by atoms with E-state index in [1.807, 2.05) is 12.1 Å². The lowest BCUT2D eigenvalue weighted by Crippen LogP contribution is -2.08. The molecule has 2 aliphatic rings. The SMILES string of the molecule is CCC[C@H](Oc1cccc2c1C1CC1(C#N)S2)c1ccccc1. The summed E-state index contributed by atoms with van der Waals surface area (Å²) in [6, 6.07) is 19.2. The average Bonchev–Trinajstić information content (AvgIpc) is 3.21. The molecule has 0 aromatic heterocycles. The van der Waals surface area contributed by atoms with Crippen molar-refractivity contribution in [3.8, 4) is 11.8 Å². The third kappa shape index (κ3) is 2.42. The van der Waals surface area contributed by atoms with Crippen molar-refractivity contribution in [2.45, 2.75) is 47.9 Å². The molecule has 116 valence electrons. The predicted molar refractivity (Wildman–Crippen MR) is 92.7 cm³/mol. The minimum Gasteiger partial charge on any atom is -0.485 e. The molecule has 2 nitrogen and oxygen atoms in total. The van der Waals surface area contributed by atoms with Crippen LogP contribution in [0.5, 0.6) is 5.75 Å². The second-order valence-electron chi connectivity index (χ2n) is 6.33. The van der Waals surface area contributed by atoms with Crippen LogP contribution < -0.4 is 4.74 Å². The lowest BCUT2D eigenvalue weighted by atomic mass is 10.0. The van der Waals surface area contributed by atoms with Crippen molar-refractivity contribution in [1.82, 2.24) is 0 Å². The van der Waals surface area contributed by atoms with Crippen LogP contribution in [0, 0.1) is 11.3 Å². The summed E-state index contributed by atoms with van der Waals surface area (Å²) in [5.74, 6) is 1.32. The van der Waals surface area contributed by atoms with E-state index in [4.69, 9.17) is 4.74 Å². The van der Waals surface area contributed by atoms with Crippen molar-refractivity contribution in [3.05, 3.63) is 59.7 Å². The maximum atomic E-state index is 9.46. The highest BCUT2D eigenvalue weighted by Crippen LogP contribution is 2.71. The summed E-state index contributed by atoms with van der Waals surface area (Å²) in [5, 5.41) is 9.46. The van der Waals surface area contributed by atoms with Gasteiger partial charge in [-0.25, -0.2) is 0 Å². The standard InChI is InChI=1S/C20H19NOS/c1-2-7-16(14-8-4-3-5-9-14)22-17-10-6-11-18-19(17)15-12-20(15,13-21)23-18/h3-6,8-11,15-16H,2,7,12H2,1H3/t15?,16-,20?/m0/s1. The van der Waals surface area contributed by atoms with Gasteiger partial charge >= 0.3 is 0 Å². The molecule has 2 aromatic rings. The monoisotopic (exact) mass is 321 g/mol. The Bertz CT molecular complexity index is 767. The number of benzene rings is 2. The van der Waals surface area contributed by atoms with E-state index in [1.54, 1.807) is 11.8 Å². The molecule has 2 unspecified atom stereocenters. The zero-order valence-corrected chi connectivity index (χ0v) is 14.0. The van der Waals surface area contributed by atoms with Gasteiger partial charge in [-0.15, -0.1) is 11.8 Å². The molecule has 23 heavy (non-hydrogen) atoms. The quantitative estimate of drug-likeness (QED) is 0.733. The summed E-state index contributed by atoms with van der Waals surface area (Å²) in [4.78, 5) is 1.23. The van der Waals surface area contributed by atoms with Gasteiger partial charge in [-0.1, -0.05) is 49.7 Å². The zero-order chi connectivity index (χ0) is 15.9. The topological polar surface area (TPSA) is 33.0 Å². The van der Waals surface area contributed by atoms with Crippen molar-refractivity contribution in [2.75, 3.05) is 0 Å². The molecule has 2 aromatic carbocycles. The lowest BCUT2D eigenvalue weighted by Gasteiger charge is -2.21. The molecule has 3 heteroatoms. The van der Waals surface area contributed by atoms with Gasteiger partial charge in [0.2, 0.25) is 0 Å². The van der Waals surface area contributed by atoms with E-state index in [2.05, 4.69) is 49.4 Å². The molecule has 0 bridgehead atoms. The molecule has 3 atom stereocenters. The fourth-order valence-corrected chi connectivity index (χ4v) is 4.92. The van der Waals surface area contributed by atoms with Gasteiger partial charge in [0, 0.05) is 16.4 Å². The maximum Gasteiger partial charge on any atom is 0.124 e. The molecule has 1 fully saturated rings. The summed E-state index contributed by atoms with van der Waals surface area (Å²) in [6.07, 6.45) is 3.11. The molecule has 0 amide bonds. The van der Waals surface area contributed by atoms with Gasteiger partial charge < -0.3 is 4.74 Å². The van der Waals surface area contributed by atoms with Gasteiger partial charge in [-0.05, 0) is 30.5 Å². The van der Waals surface area contributed by atoms with Crippen LogP contribution in [0.1, 0.15) is 49.3 Å². The Morgan fingerprint density at radius 2 is 2.09 bits per heavy atom. The summed E-state index contributed by atoms with van der Waals surface area (Å²) < 4.78 is 6.23. The Hall–Kier alpha value is -1.92. The molecule has 0 spiro atoms. The number of fused-ring (bicyclic) bond motifs is 3. The normalized spacial score (nSPS) is 25.1. The Kier molecular flexibility index (Phi) is 3.58. The second kappa shape index (κ2) is 5.62. The summed E-state index contributed by atoms with van der Waals surface area (Å²) in [6.45, 7) is 2.19. The fourth-order valence-electron chi connectivity index (χ4n) is 3.47. The van der Waals surface area contributed by atoms with Crippen molar-refractivity contribution >= 4 is 11.8 Å². The van der Waals surface area contributed by atoms with Crippen LogP contribution >= 0.6 is 11.8 Å². The van der Waals surface area contributed by atoms with Crippen molar-refractivity contribution in [3.63, 3.8) is 0 Å². The highest BCUT2D eigenvalue weighted by atomic mass is 32.2. The van der Waals surface area contributed by atoms with E-state index >= 15 is 0 Å². The van der Waals surface area contributed by atoms with Gasteiger partial charge in [0.25, 0.3) is 0 Å². The molecular formula is C20H19NOS. The Morgan fingerprint density at radius 3 is 2.83 bits per heavy atom. The van der Waals surface area contributed by atoms with E-state index in [0.29, 0.717) is 5.92 Å². The number of hydrogen-bond acceptors (Lipinski definition) is 3. The Labute approximate surface area is 141 Å². The summed E-state index contributed by atoms with van der Waals surface area (Å²) in [5.41, 5.74) is 2.48. The molecule has 1 aliphatic heterocycles. The molecular weight excluding hydrogens is 302 g/mol. The first-order chi connectivity index (χ1) is 11.3. The molecule has 1 saturated carbocycles. The van der Waals surface area contributed by atoms with Crippen molar-refractivity contribution < 1.29 is 4.74 Å². The first-order valence-electron chi connectivity index (χ1n) is 8.22. The lowest BCUT2D eigenvalue weighted by molar-refractivity contribution is 0.191. The zero-order valence-electron chi connectivity index (χ0n) is 13.2. The van der Waals surface area contributed by atoms with Crippen LogP contribution in [-0.4, -0.2) is 4.75 Å². The third-order valence-corrected chi connectivity index (χ3v) is 6.24. The van der Waals surface area contributed by atoms with Gasteiger partial charge in [-0.3, -0.25) is 0 Å². The average molecular weight is 321 g/mol. The van der Waals surface area contributed by atoms with Crippen LogP contribution in [0.2, 0.25) is 0 Å². The molecule has 0 radical (unpaired) electrons. The van der Waals surface area contributed by atoms with Gasteiger partial charge in [0.15, 0.2) is 0 Å². The van der Waals surface area contributed by atoms with E-state index in [9.17, 15) is 5.26 Å². The molecule has 0 saturated heterocycles. The summed E-state index contributed by atoms with van der Waals surface area (Å²) >= 11 is 1.72. The first-order valence-corrected chi connectivity index (χ1v) is 9.04. The number of hydrogen-bond donors (Lipinski definition) is 0. The van der Waals surface area contributed by atoms with Crippen molar-refractivity contribution in [1.29, 1.82) is 5.26 Å². The highest BCUT2D eigenvalue weighted by Gasteiger charge is 2.63. The third-order valence-electron chi connectivity index (χ3n) is 4.76. The first kappa shape index (κ1) is 14.7. The van der Waals surface area contributed by atoms with Crippen LogP contribution in [0.4, 0.5) is 0 Å². The van der Waals surface area contributed by atoms with E-state index < -0.39 is 0 Å². The molecule has 4 rings (SSSR count). The van der Waals surface area contributed by atoms with Gasteiger partial charge in [-0.2, -0.15) is 5.26 Å². The van der Waals surface area contributed by atoms with E-state index in [0.717, 1.165) is 25.0 Å². The minimum atomic E-state index is -0.213. The molecule has 1 heterocycles. The predicted octanol–water partition coefficient (Wildman–Crippen LogP) is 5.46. The molecule has 0 N–H and O–H groups in total. The number of nitriles is 1. The minimum absolute atomic E-state index is 0.0773. The van der Waals surface area contributed by atoms with Crippen molar-refractivity contribution in [2.24, 2.45) is 0 Å². The fraction of sp³-hybridized carbons (Fsp3) is 0.350. The highest BCUT2D eigenvalue weighted by molar-refractivity contribution is 8.01. The number of ether oxygens (including phenoxy) is 1. The largest absolute Gasteiger partial charge is 0.485 e. The Balaban J connectivity index is 1.65. The van der Waals surface area contributed by atoms with Gasteiger partial charge in [0.1, 0.15) is 16.6 Å². The molecule has 1 aliphatic carbocycles. The maximum absolute atomic E-state index is 9.46. The van der Waals surface area contributed by atoms with Crippen LogP contribution in [0.3, 0.4) is 0 Å². The smallest absolute Gasteiger partial charge is 0.124 e.